The minimum Gasteiger partial charge on any atom is -0.466 e. The van der Waals surface area contributed by atoms with Gasteiger partial charge < -0.3 is 24.8 Å². The molecular formula is C30H44N2O6. The summed E-state index contributed by atoms with van der Waals surface area (Å²) in [7, 11) is 0. The number of hydrogen-bond acceptors (Lipinski definition) is 6. The van der Waals surface area contributed by atoms with Crippen LogP contribution >= 0.6 is 0 Å². The first-order chi connectivity index (χ1) is 17.6. The van der Waals surface area contributed by atoms with E-state index in [0.29, 0.717) is 18.4 Å². The largest absolute Gasteiger partial charge is 0.466 e. The van der Waals surface area contributed by atoms with Gasteiger partial charge in [-0.15, -0.1) is 0 Å². The normalized spacial score (nSPS) is 33.3. The van der Waals surface area contributed by atoms with E-state index in [-0.39, 0.29) is 36.4 Å². The van der Waals surface area contributed by atoms with Gasteiger partial charge >= 0.3 is 5.97 Å². The summed E-state index contributed by atoms with van der Waals surface area (Å²) in [4.78, 5) is 43.5. The quantitative estimate of drug-likeness (QED) is 0.500. The van der Waals surface area contributed by atoms with Gasteiger partial charge in [0, 0.05) is 5.54 Å². The average Bonchev–Trinajstić information content (AvgIpc) is 3.30. The Balaban J connectivity index is 1.84. The van der Waals surface area contributed by atoms with Crippen molar-refractivity contribution in [2.45, 2.75) is 97.1 Å². The molecule has 3 heterocycles. The summed E-state index contributed by atoms with van der Waals surface area (Å²) in [6.45, 7) is 15.7. The molecule has 2 N–H and O–H groups in total. The fourth-order valence-corrected chi connectivity index (χ4v) is 7.70. The zero-order chi connectivity index (χ0) is 28.3. The van der Waals surface area contributed by atoms with Gasteiger partial charge in [-0.05, 0) is 57.4 Å². The van der Waals surface area contributed by atoms with Crippen LogP contribution in [0, 0.1) is 23.2 Å². The molecule has 38 heavy (non-hydrogen) atoms. The lowest BCUT2D eigenvalue weighted by molar-refractivity contribution is -0.162. The summed E-state index contributed by atoms with van der Waals surface area (Å²) in [6.07, 6.45) is 1.17. The Hall–Kier alpha value is -2.45. The van der Waals surface area contributed by atoms with Crippen molar-refractivity contribution >= 4 is 17.8 Å². The van der Waals surface area contributed by atoms with Crippen LogP contribution in [0.5, 0.6) is 0 Å². The number of nitrogens with one attached hydrogen (secondary N) is 1. The van der Waals surface area contributed by atoms with Crippen LogP contribution in [0.3, 0.4) is 0 Å². The Kier molecular flexibility index (Phi) is 7.24. The second-order valence-corrected chi connectivity index (χ2v) is 13.4. The third-order valence-corrected chi connectivity index (χ3v) is 8.67. The Bertz CT molecular complexity index is 1080. The number of ether oxygens (including phenoxy) is 2. The maximum atomic E-state index is 14.4. The second-order valence-electron chi connectivity index (χ2n) is 13.4. The number of esters is 1. The monoisotopic (exact) mass is 528 g/mol. The predicted molar refractivity (Wildman–Crippen MR) is 143 cm³/mol. The highest BCUT2D eigenvalue weighted by Crippen LogP contribution is 2.66. The van der Waals surface area contributed by atoms with Crippen molar-refractivity contribution in [2.75, 3.05) is 13.2 Å². The first-order valence-corrected chi connectivity index (χ1v) is 13.8. The van der Waals surface area contributed by atoms with Gasteiger partial charge in [0.05, 0.1) is 30.8 Å². The van der Waals surface area contributed by atoms with E-state index in [1.54, 1.807) is 6.92 Å². The molecule has 0 aliphatic carbocycles. The molecule has 3 fully saturated rings. The van der Waals surface area contributed by atoms with Crippen molar-refractivity contribution in [1.82, 2.24) is 10.2 Å². The van der Waals surface area contributed by atoms with Gasteiger partial charge in [0.15, 0.2) is 0 Å². The topological polar surface area (TPSA) is 105 Å². The molecular weight excluding hydrogens is 484 g/mol. The summed E-state index contributed by atoms with van der Waals surface area (Å²) in [5, 5.41) is 13.8. The number of hydrogen-bond donors (Lipinski definition) is 2. The van der Waals surface area contributed by atoms with E-state index in [4.69, 9.17) is 9.47 Å². The van der Waals surface area contributed by atoms with E-state index in [9.17, 15) is 19.5 Å². The van der Waals surface area contributed by atoms with E-state index >= 15 is 0 Å². The molecule has 0 aromatic heterocycles. The molecule has 0 radical (unpaired) electrons. The van der Waals surface area contributed by atoms with Crippen LogP contribution in [0.4, 0.5) is 0 Å². The highest BCUT2D eigenvalue weighted by Gasteiger charge is 2.80. The number of rotatable bonds is 8. The average molecular weight is 529 g/mol. The Morgan fingerprint density at radius 3 is 2.39 bits per heavy atom. The predicted octanol–water partition coefficient (Wildman–Crippen LogP) is 3.62. The van der Waals surface area contributed by atoms with Gasteiger partial charge in [0.1, 0.15) is 17.6 Å². The summed E-state index contributed by atoms with van der Waals surface area (Å²) in [5.41, 5.74) is -2.02. The van der Waals surface area contributed by atoms with Crippen LogP contribution in [0.1, 0.15) is 79.8 Å². The Morgan fingerprint density at radius 1 is 1.21 bits per heavy atom. The van der Waals surface area contributed by atoms with Crippen molar-refractivity contribution in [3.8, 4) is 0 Å². The molecule has 8 nitrogen and oxygen atoms in total. The summed E-state index contributed by atoms with van der Waals surface area (Å²) in [5.74, 6) is -2.95. The number of benzene rings is 1. The number of amides is 2. The molecule has 1 aromatic carbocycles. The summed E-state index contributed by atoms with van der Waals surface area (Å²) >= 11 is 0. The lowest BCUT2D eigenvalue weighted by Gasteiger charge is -2.40. The molecule has 210 valence electrons. The number of fused-ring (bicyclic) bond motifs is 1. The molecule has 7 atom stereocenters. The van der Waals surface area contributed by atoms with Crippen molar-refractivity contribution in [3.05, 3.63) is 35.9 Å². The zero-order valence-corrected chi connectivity index (χ0v) is 24.0. The molecule has 3 aliphatic rings. The van der Waals surface area contributed by atoms with E-state index in [1.165, 1.54) is 4.90 Å². The smallest absolute Gasteiger partial charge is 0.312 e. The zero-order valence-electron chi connectivity index (χ0n) is 24.0. The Morgan fingerprint density at radius 2 is 1.84 bits per heavy atom. The fraction of sp³-hybridized carbons (Fsp3) is 0.700. The molecule has 3 saturated heterocycles. The minimum atomic E-state index is -1.20. The summed E-state index contributed by atoms with van der Waals surface area (Å²) < 4.78 is 12.2. The molecule has 1 spiro atoms. The number of aliphatic hydroxyl groups excluding tert-OH is 1. The molecule has 2 bridgehead atoms. The van der Waals surface area contributed by atoms with Gasteiger partial charge in [-0.1, -0.05) is 58.0 Å². The van der Waals surface area contributed by atoms with Gasteiger partial charge in [-0.3, -0.25) is 14.4 Å². The highest BCUT2D eigenvalue weighted by atomic mass is 16.6. The van der Waals surface area contributed by atoms with Gasteiger partial charge in [-0.25, -0.2) is 0 Å². The van der Waals surface area contributed by atoms with Crippen LogP contribution in [-0.2, 0) is 23.9 Å². The fourth-order valence-electron chi connectivity index (χ4n) is 7.70. The lowest BCUT2D eigenvalue weighted by atomic mass is 9.62. The molecule has 3 unspecified atom stereocenters. The third-order valence-electron chi connectivity index (χ3n) is 8.67. The standard InChI is InChI=1S/C30H44N2O6/c1-9-37-26(36)22-21-25(35)32(20(16-33)19-13-11-10-12-14-19)23(30(21)15-18(2)29(22,8)38-30)24(34)31-28(6,7)17-27(3,4)5/h10-14,18,20-23,33H,9,15-17H2,1-8H3,(H,31,34)/t18?,20-,21+,22+,23?,29-,30?/m1/s1. The van der Waals surface area contributed by atoms with Gasteiger partial charge in [-0.2, -0.15) is 0 Å². The molecule has 0 saturated carbocycles. The van der Waals surface area contributed by atoms with Gasteiger partial charge in [0.25, 0.3) is 0 Å². The lowest BCUT2D eigenvalue weighted by Crippen LogP contribution is -2.60. The van der Waals surface area contributed by atoms with Crippen LogP contribution in [0.25, 0.3) is 0 Å². The van der Waals surface area contributed by atoms with E-state index in [1.807, 2.05) is 58.0 Å². The minimum absolute atomic E-state index is 0.0419. The number of nitrogens with zero attached hydrogens (tertiary/aromatic N) is 1. The van der Waals surface area contributed by atoms with E-state index in [0.717, 1.165) is 0 Å². The van der Waals surface area contributed by atoms with Crippen molar-refractivity contribution in [2.24, 2.45) is 23.2 Å². The van der Waals surface area contributed by atoms with Crippen LogP contribution < -0.4 is 5.32 Å². The number of carbonyl (C=O) groups excluding carboxylic acids is 3. The van der Waals surface area contributed by atoms with Crippen LogP contribution in [0.15, 0.2) is 30.3 Å². The number of aliphatic hydroxyl groups is 1. The first kappa shape index (κ1) is 28.6. The Labute approximate surface area is 226 Å². The number of likely N-dealkylation sites (tertiary alicyclic amines) is 1. The van der Waals surface area contributed by atoms with E-state index in [2.05, 4.69) is 26.1 Å². The van der Waals surface area contributed by atoms with Crippen LogP contribution in [-0.4, -0.2) is 63.8 Å². The number of carbonyl (C=O) groups is 3. The van der Waals surface area contributed by atoms with Crippen molar-refractivity contribution < 1.29 is 29.0 Å². The maximum Gasteiger partial charge on any atom is 0.312 e. The SMILES string of the molecule is CCOC(=O)[C@@H]1[C@H]2C(=O)N([C@H](CO)c3ccccc3)C(C(=O)NC(C)(C)CC(C)(C)C)C23CC(C)[C@@]1(C)O3. The van der Waals surface area contributed by atoms with Crippen molar-refractivity contribution in [1.29, 1.82) is 0 Å². The molecule has 8 heteroatoms. The molecule has 4 rings (SSSR count). The second kappa shape index (κ2) is 9.63. The summed E-state index contributed by atoms with van der Waals surface area (Å²) in [6, 6.07) is 7.43. The van der Waals surface area contributed by atoms with Crippen molar-refractivity contribution in [3.63, 3.8) is 0 Å². The first-order valence-electron chi connectivity index (χ1n) is 13.8. The molecule has 3 aliphatic heterocycles. The maximum absolute atomic E-state index is 14.4. The molecule has 2 amide bonds. The third kappa shape index (κ3) is 4.53. The van der Waals surface area contributed by atoms with Gasteiger partial charge in [0.2, 0.25) is 11.8 Å². The van der Waals surface area contributed by atoms with E-state index < -0.39 is 46.6 Å². The molecule has 1 aromatic rings. The highest BCUT2D eigenvalue weighted by molar-refractivity contribution is 5.99. The van der Waals surface area contributed by atoms with Crippen LogP contribution in [0.2, 0.25) is 0 Å².